The molecular formula is C13H25N. The van der Waals surface area contributed by atoms with Gasteiger partial charge in [-0.3, -0.25) is 0 Å². The van der Waals surface area contributed by atoms with Crippen LogP contribution in [0.1, 0.15) is 58.8 Å². The fourth-order valence-electron chi connectivity index (χ4n) is 3.25. The Morgan fingerprint density at radius 1 is 1.00 bits per heavy atom. The van der Waals surface area contributed by atoms with Gasteiger partial charge < -0.3 is 4.90 Å². The zero-order valence-electron chi connectivity index (χ0n) is 9.89. The maximum absolute atomic E-state index is 2.77. The van der Waals surface area contributed by atoms with Crippen molar-refractivity contribution in [2.24, 2.45) is 5.41 Å². The van der Waals surface area contributed by atoms with Crippen LogP contribution in [0.15, 0.2) is 0 Å². The Morgan fingerprint density at radius 3 is 2.36 bits per heavy atom. The second-order valence-electron chi connectivity index (χ2n) is 6.01. The Bertz CT molecular complexity index is 180. The summed E-state index contributed by atoms with van der Waals surface area (Å²) in [5.74, 6) is 0. The van der Waals surface area contributed by atoms with Gasteiger partial charge in [0.1, 0.15) is 0 Å². The van der Waals surface area contributed by atoms with Crippen LogP contribution in [0.25, 0.3) is 0 Å². The number of hydrogen-bond acceptors (Lipinski definition) is 1. The zero-order valence-corrected chi connectivity index (χ0v) is 9.89. The summed E-state index contributed by atoms with van der Waals surface area (Å²) in [5.41, 5.74) is 0.611. The van der Waals surface area contributed by atoms with E-state index < -0.39 is 0 Å². The lowest BCUT2D eigenvalue weighted by Crippen LogP contribution is -2.43. The van der Waals surface area contributed by atoms with E-state index in [1.165, 1.54) is 58.0 Å². The van der Waals surface area contributed by atoms with Crippen LogP contribution in [-0.4, -0.2) is 24.0 Å². The molecule has 0 spiro atoms. The summed E-state index contributed by atoms with van der Waals surface area (Å²) in [6, 6.07) is 0.916. The van der Waals surface area contributed by atoms with Gasteiger partial charge in [0.2, 0.25) is 0 Å². The molecule has 2 fully saturated rings. The predicted octanol–water partition coefficient (Wildman–Crippen LogP) is 3.44. The number of nitrogens with zero attached hydrogens (tertiary/aromatic N) is 1. The van der Waals surface area contributed by atoms with E-state index in [4.69, 9.17) is 0 Å². The van der Waals surface area contributed by atoms with Gasteiger partial charge in [-0.2, -0.15) is 0 Å². The van der Waals surface area contributed by atoms with Crippen molar-refractivity contribution in [1.82, 2.24) is 4.90 Å². The molecule has 0 aromatic rings. The van der Waals surface area contributed by atoms with E-state index in [1.54, 1.807) is 0 Å². The van der Waals surface area contributed by atoms with E-state index in [0.29, 0.717) is 5.41 Å². The minimum absolute atomic E-state index is 0.611. The van der Waals surface area contributed by atoms with Crippen molar-refractivity contribution in [1.29, 1.82) is 0 Å². The molecule has 0 radical (unpaired) electrons. The molecule has 2 aliphatic rings. The molecule has 1 aliphatic carbocycles. The van der Waals surface area contributed by atoms with Crippen LogP contribution in [0.4, 0.5) is 0 Å². The molecule has 2 rings (SSSR count). The molecule has 1 aliphatic heterocycles. The van der Waals surface area contributed by atoms with Crippen LogP contribution in [0.3, 0.4) is 0 Å². The van der Waals surface area contributed by atoms with Crippen LogP contribution >= 0.6 is 0 Å². The van der Waals surface area contributed by atoms with Crippen molar-refractivity contribution in [2.45, 2.75) is 64.8 Å². The van der Waals surface area contributed by atoms with Crippen molar-refractivity contribution < 1.29 is 0 Å². The van der Waals surface area contributed by atoms with Crippen LogP contribution in [0.2, 0.25) is 0 Å². The lowest BCUT2D eigenvalue weighted by Gasteiger charge is -2.42. The Balaban J connectivity index is 1.89. The van der Waals surface area contributed by atoms with Gasteiger partial charge in [0.05, 0.1) is 0 Å². The molecule has 0 aromatic heterocycles. The van der Waals surface area contributed by atoms with Gasteiger partial charge in [-0.1, -0.05) is 26.7 Å². The van der Waals surface area contributed by atoms with Crippen molar-refractivity contribution >= 4 is 0 Å². The molecule has 0 N–H and O–H groups in total. The standard InChI is InChI=1S/C13H25N/c1-13(2)8-6-7-12(11-13)14-9-4-3-5-10-14/h12H,3-11H2,1-2H3. The van der Waals surface area contributed by atoms with Crippen molar-refractivity contribution in [3.8, 4) is 0 Å². The Hall–Kier alpha value is -0.0400. The molecule has 1 heteroatoms. The molecule has 1 saturated carbocycles. The number of likely N-dealkylation sites (tertiary alicyclic amines) is 1. The molecule has 0 aromatic carbocycles. The molecule has 0 amide bonds. The smallest absolute Gasteiger partial charge is 0.0100 e. The number of piperidine rings is 1. The van der Waals surface area contributed by atoms with E-state index in [0.717, 1.165) is 6.04 Å². The highest BCUT2D eigenvalue weighted by Gasteiger charge is 2.31. The number of hydrogen-bond donors (Lipinski definition) is 0. The highest BCUT2D eigenvalue weighted by atomic mass is 15.2. The third-order valence-electron chi connectivity index (χ3n) is 4.09. The first kappa shape index (κ1) is 10.5. The molecule has 82 valence electrons. The van der Waals surface area contributed by atoms with Gasteiger partial charge in [-0.25, -0.2) is 0 Å². The second-order valence-corrected chi connectivity index (χ2v) is 6.01. The summed E-state index contributed by atoms with van der Waals surface area (Å²) in [6.07, 6.45) is 10.1. The molecule has 1 nitrogen and oxygen atoms in total. The van der Waals surface area contributed by atoms with Gasteiger partial charge in [-0.05, 0) is 50.6 Å². The van der Waals surface area contributed by atoms with Crippen LogP contribution < -0.4 is 0 Å². The monoisotopic (exact) mass is 195 g/mol. The van der Waals surface area contributed by atoms with E-state index in [2.05, 4.69) is 18.7 Å². The summed E-state index contributed by atoms with van der Waals surface area (Å²) < 4.78 is 0. The third-order valence-corrected chi connectivity index (χ3v) is 4.09. The van der Waals surface area contributed by atoms with Gasteiger partial charge in [0.15, 0.2) is 0 Å². The first-order valence-electron chi connectivity index (χ1n) is 6.41. The van der Waals surface area contributed by atoms with Gasteiger partial charge >= 0.3 is 0 Å². The molecule has 1 heterocycles. The van der Waals surface area contributed by atoms with Crippen LogP contribution in [-0.2, 0) is 0 Å². The maximum atomic E-state index is 2.77. The van der Waals surface area contributed by atoms with Crippen molar-refractivity contribution in [3.05, 3.63) is 0 Å². The molecular weight excluding hydrogens is 170 g/mol. The van der Waals surface area contributed by atoms with Crippen molar-refractivity contribution in [3.63, 3.8) is 0 Å². The van der Waals surface area contributed by atoms with Crippen LogP contribution in [0.5, 0.6) is 0 Å². The average molecular weight is 195 g/mol. The fourth-order valence-corrected chi connectivity index (χ4v) is 3.25. The van der Waals surface area contributed by atoms with E-state index in [9.17, 15) is 0 Å². The van der Waals surface area contributed by atoms with Crippen LogP contribution in [0, 0.1) is 5.41 Å². The van der Waals surface area contributed by atoms with E-state index in [1.807, 2.05) is 0 Å². The minimum Gasteiger partial charge on any atom is -0.300 e. The highest BCUT2D eigenvalue weighted by Crippen LogP contribution is 2.37. The maximum Gasteiger partial charge on any atom is 0.0100 e. The molecule has 1 unspecified atom stereocenters. The zero-order chi connectivity index (χ0) is 10.0. The normalized spacial score (nSPS) is 34.3. The predicted molar refractivity (Wildman–Crippen MR) is 61.5 cm³/mol. The summed E-state index contributed by atoms with van der Waals surface area (Å²) in [5, 5.41) is 0. The first-order chi connectivity index (χ1) is 6.67. The fraction of sp³-hybridized carbons (Fsp3) is 1.00. The van der Waals surface area contributed by atoms with E-state index >= 15 is 0 Å². The van der Waals surface area contributed by atoms with Gasteiger partial charge in [0, 0.05) is 6.04 Å². The molecule has 1 atom stereocenters. The third kappa shape index (κ3) is 2.50. The first-order valence-corrected chi connectivity index (χ1v) is 6.41. The summed E-state index contributed by atoms with van der Waals surface area (Å²) in [4.78, 5) is 2.77. The average Bonchev–Trinajstić information content (AvgIpc) is 2.18. The largest absolute Gasteiger partial charge is 0.300 e. The second kappa shape index (κ2) is 4.22. The summed E-state index contributed by atoms with van der Waals surface area (Å²) in [6.45, 7) is 7.65. The molecule has 1 saturated heterocycles. The quantitative estimate of drug-likeness (QED) is 0.619. The lowest BCUT2D eigenvalue weighted by atomic mass is 9.74. The Morgan fingerprint density at radius 2 is 1.71 bits per heavy atom. The lowest BCUT2D eigenvalue weighted by molar-refractivity contribution is 0.0794. The highest BCUT2D eigenvalue weighted by molar-refractivity contribution is 4.86. The molecule has 14 heavy (non-hydrogen) atoms. The van der Waals surface area contributed by atoms with E-state index in [-0.39, 0.29) is 0 Å². The van der Waals surface area contributed by atoms with Gasteiger partial charge in [-0.15, -0.1) is 0 Å². The minimum atomic E-state index is 0.611. The SMILES string of the molecule is CC1(C)CCCC(N2CCCCC2)C1. The topological polar surface area (TPSA) is 3.24 Å². The summed E-state index contributed by atoms with van der Waals surface area (Å²) in [7, 11) is 0. The number of rotatable bonds is 1. The van der Waals surface area contributed by atoms with Gasteiger partial charge in [0.25, 0.3) is 0 Å². The summed E-state index contributed by atoms with van der Waals surface area (Å²) >= 11 is 0. The molecule has 0 bridgehead atoms. The Labute approximate surface area is 88.9 Å². The van der Waals surface area contributed by atoms with Crippen molar-refractivity contribution in [2.75, 3.05) is 13.1 Å². The Kier molecular flexibility index (Phi) is 3.16.